The van der Waals surface area contributed by atoms with Gasteiger partial charge in [0.1, 0.15) is 5.82 Å². The number of hydrogen-bond donors (Lipinski definition) is 1. The number of hydrogen-bond acceptors (Lipinski definition) is 3. The van der Waals surface area contributed by atoms with Crippen molar-refractivity contribution in [1.82, 2.24) is 19.8 Å². The van der Waals surface area contributed by atoms with Crippen molar-refractivity contribution in [1.29, 1.82) is 0 Å². The van der Waals surface area contributed by atoms with Gasteiger partial charge in [-0.15, -0.1) is 0 Å². The standard InChI is InChI=1S/C18H28N4/c1-14-12-16-17(13-15(14)2)22(18(20-16)6-7-19-3)11-10-21-8-4-5-9-21/h12-13,19H,4-11H2,1-3H3. The number of nitrogens with one attached hydrogen (secondary N) is 1. The summed E-state index contributed by atoms with van der Waals surface area (Å²) in [4.78, 5) is 7.48. The zero-order valence-corrected chi connectivity index (χ0v) is 14.2. The lowest BCUT2D eigenvalue weighted by Crippen LogP contribution is -2.25. The molecular weight excluding hydrogens is 272 g/mol. The summed E-state index contributed by atoms with van der Waals surface area (Å²) >= 11 is 0. The quantitative estimate of drug-likeness (QED) is 0.890. The first-order valence-electron chi connectivity index (χ1n) is 8.52. The molecule has 0 amide bonds. The van der Waals surface area contributed by atoms with E-state index in [1.165, 1.54) is 48.4 Å². The minimum absolute atomic E-state index is 0.977. The van der Waals surface area contributed by atoms with E-state index in [4.69, 9.17) is 4.98 Å². The van der Waals surface area contributed by atoms with Crippen molar-refractivity contribution in [3.8, 4) is 0 Å². The Morgan fingerprint density at radius 2 is 1.82 bits per heavy atom. The van der Waals surface area contributed by atoms with Crippen molar-refractivity contribution in [3.05, 3.63) is 29.1 Å². The minimum atomic E-state index is 0.977. The molecule has 1 saturated heterocycles. The van der Waals surface area contributed by atoms with Gasteiger partial charge in [-0.3, -0.25) is 0 Å². The van der Waals surface area contributed by atoms with E-state index in [9.17, 15) is 0 Å². The van der Waals surface area contributed by atoms with Crippen LogP contribution in [0.2, 0.25) is 0 Å². The second-order valence-electron chi connectivity index (χ2n) is 6.51. The zero-order valence-electron chi connectivity index (χ0n) is 14.2. The molecule has 4 nitrogen and oxygen atoms in total. The summed E-state index contributed by atoms with van der Waals surface area (Å²) in [6.07, 6.45) is 3.70. The number of likely N-dealkylation sites (N-methyl/N-ethyl adjacent to an activating group) is 1. The maximum absolute atomic E-state index is 4.90. The third-order valence-electron chi connectivity index (χ3n) is 4.88. The Kier molecular flexibility index (Phi) is 4.79. The molecule has 1 aliphatic rings. The summed E-state index contributed by atoms with van der Waals surface area (Å²) in [5, 5.41) is 3.24. The predicted octanol–water partition coefficient (Wildman–Crippen LogP) is 2.51. The van der Waals surface area contributed by atoms with Crippen LogP contribution in [0.25, 0.3) is 11.0 Å². The Morgan fingerprint density at radius 3 is 2.55 bits per heavy atom. The third kappa shape index (κ3) is 3.18. The SMILES string of the molecule is CNCCc1nc2cc(C)c(C)cc2n1CCN1CCCC1. The molecule has 2 heterocycles. The fraction of sp³-hybridized carbons (Fsp3) is 0.611. The minimum Gasteiger partial charge on any atom is -0.327 e. The van der Waals surface area contributed by atoms with Gasteiger partial charge in [0.05, 0.1) is 11.0 Å². The first kappa shape index (κ1) is 15.5. The lowest BCUT2D eigenvalue weighted by atomic mass is 10.1. The zero-order chi connectivity index (χ0) is 15.5. The molecular formula is C18H28N4. The number of nitrogens with zero attached hydrogens (tertiary/aromatic N) is 3. The summed E-state index contributed by atoms with van der Waals surface area (Å²) in [7, 11) is 2.01. The lowest BCUT2D eigenvalue weighted by molar-refractivity contribution is 0.322. The lowest BCUT2D eigenvalue weighted by Gasteiger charge is -2.17. The van der Waals surface area contributed by atoms with Crippen molar-refractivity contribution < 1.29 is 0 Å². The van der Waals surface area contributed by atoms with Gasteiger partial charge in [-0.05, 0) is 70.1 Å². The smallest absolute Gasteiger partial charge is 0.111 e. The molecule has 0 bridgehead atoms. The van der Waals surface area contributed by atoms with E-state index in [2.05, 4.69) is 40.8 Å². The second kappa shape index (κ2) is 6.80. The molecule has 0 aliphatic carbocycles. The molecule has 2 aromatic rings. The highest BCUT2D eigenvalue weighted by atomic mass is 15.2. The number of likely N-dealkylation sites (tertiary alicyclic amines) is 1. The molecule has 4 heteroatoms. The molecule has 120 valence electrons. The van der Waals surface area contributed by atoms with E-state index in [-0.39, 0.29) is 0 Å². The number of fused-ring (bicyclic) bond motifs is 1. The number of aromatic nitrogens is 2. The Hall–Kier alpha value is -1.39. The van der Waals surface area contributed by atoms with Crippen LogP contribution < -0.4 is 5.32 Å². The van der Waals surface area contributed by atoms with Gasteiger partial charge >= 0.3 is 0 Å². The van der Waals surface area contributed by atoms with Gasteiger partial charge in [0.25, 0.3) is 0 Å². The number of benzene rings is 1. The molecule has 1 N–H and O–H groups in total. The molecule has 0 saturated carbocycles. The highest BCUT2D eigenvalue weighted by Gasteiger charge is 2.15. The maximum atomic E-state index is 4.90. The summed E-state index contributed by atoms with van der Waals surface area (Å²) in [6, 6.07) is 4.55. The Balaban J connectivity index is 1.90. The summed E-state index contributed by atoms with van der Waals surface area (Å²) in [5.41, 5.74) is 5.14. The maximum Gasteiger partial charge on any atom is 0.111 e. The first-order valence-corrected chi connectivity index (χ1v) is 8.52. The average molecular weight is 300 g/mol. The van der Waals surface area contributed by atoms with Crippen molar-refractivity contribution in [2.45, 2.75) is 39.7 Å². The highest BCUT2D eigenvalue weighted by Crippen LogP contribution is 2.21. The molecule has 0 atom stereocenters. The van der Waals surface area contributed by atoms with Crippen LogP contribution in [0, 0.1) is 13.8 Å². The first-order chi connectivity index (χ1) is 10.7. The highest BCUT2D eigenvalue weighted by molar-refractivity contribution is 5.78. The van der Waals surface area contributed by atoms with Gasteiger partial charge in [-0.2, -0.15) is 0 Å². The Morgan fingerprint density at radius 1 is 1.09 bits per heavy atom. The van der Waals surface area contributed by atoms with E-state index >= 15 is 0 Å². The van der Waals surface area contributed by atoms with E-state index < -0.39 is 0 Å². The van der Waals surface area contributed by atoms with Gasteiger partial charge in [0.15, 0.2) is 0 Å². The van der Waals surface area contributed by atoms with Gasteiger partial charge in [0.2, 0.25) is 0 Å². The summed E-state index contributed by atoms with van der Waals surface area (Å²) in [6.45, 7) is 10.1. The molecule has 1 aromatic carbocycles. The van der Waals surface area contributed by atoms with Crippen LogP contribution in [-0.2, 0) is 13.0 Å². The number of aryl methyl sites for hydroxylation is 2. The van der Waals surface area contributed by atoms with Crippen LogP contribution in [-0.4, -0.2) is 47.7 Å². The predicted molar refractivity (Wildman–Crippen MR) is 92.5 cm³/mol. The molecule has 1 aliphatic heterocycles. The van der Waals surface area contributed by atoms with Gasteiger partial charge in [-0.1, -0.05) is 0 Å². The number of rotatable bonds is 6. The summed E-state index contributed by atoms with van der Waals surface area (Å²) < 4.78 is 2.44. The molecule has 3 rings (SSSR count). The summed E-state index contributed by atoms with van der Waals surface area (Å²) in [5.74, 6) is 1.22. The third-order valence-corrected chi connectivity index (χ3v) is 4.88. The monoisotopic (exact) mass is 300 g/mol. The molecule has 22 heavy (non-hydrogen) atoms. The number of imidazole rings is 1. The Labute approximate surface area is 133 Å². The van der Waals surface area contributed by atoms with Crippen molar-refractivity contribution >= 4 is 11.0 Å². The fourth-order valence-corrected chi connectivity index (χ4v) is 3.35. The van der Waals surface area contributed by atoms with Crippen molar-refractivity contribution in [3.63, 3.8) is 0 Å². The average Bonchev–Trinajstić information content (AvgIpc) is 3.12. The second-order valence-corrected chi connectivity index (χ2v) is 6.51. The fourth-order valence-electron chi connectivity index (χ4n) is 3.35. The topological polar surface area (TPSA) is 33.1 Å². The van der Waals surface area contributed by atoms with Crippen LogP contribution in [0.5, 0.6) is 0 Å². The largest absolute Gasteiger partial charge is 0.327 e. The van der Waals surface area contributed by atoms with Crippen molar-refractivity contribution in [2.24, 2.45) is 0 Å². The van der Waals surface area contributed by atoms with Crippen LogP contribution in [0.3, 0.4) is 0 Å². The normalized spacial score (nSPS) is 16.0. The van der Waals surface area contributed by atoms with E-state index in [1.807, 2.05) is 7.05 Å². The van der Waals surface area contributed by atoms with E-state index in [0.717, 1.165) is 31.6 Å². The van der Waals surface area contributed by atoms with Gasteiger partial charge in [-0.25, -0.2) is 4.98 Å². The van der Waals surface area contributed by atoms with E-state index in [0.29, 0.717) is 0 Å². The molecule has 0 unspecified atom stereocenters. The molecule has 1 aromatic heterocycles. The Bertz CT molecular complexity index is 638. The molecule has 1 fully saturated rings. The molecule has 0 spiro atoms. The van der Waals surface area contributed by atoms with Crippen LogP contribution in [0.1, 0.15) is 29.8 Å². The van der Waals surface area contributed by atoms with E-state index in [1.54, 1.807) is 0 Å². The van der Waals surface area contributed by atoms with Crippen LogP contribution >= 0.6 is 0 Å². The van der Waals surface area contributed by atoms with Crippen molar-refractivity contribution in [2.75, 3.05) is 33.2 Å². The van der Waals surface area contributed by atoms with Gasteiger partial charge in [0, 0.05) is 26.1 Å². The van der Waals surface area contributed by atoms with Crippen LogP contribution in [0.4, 0.5) is 0 Å². The van der Waals surface area contributed by atoms with Gasteiger partial charge < -0.3 is 14.8 Å². The molecule has 0 radical (unpaired) electrons. The van der Waals surface area contributed by atoms with Crippen LogP contribution in [0.15, 0.2) is 12.1 Å².